The van der Waals surface area contributed by atoms with Crippen LogP contribution in [0.15, 0.2) is 29.1 Å². The van der Waals surface area contributed by atoms with E-state index in [0.29, 0.717) is 28.4 Å². The Labute approximate surface area is 122 Å². The van der Waals surface area contributed by atoms with Crippen LogP contribution in [0, 0.1) is 25.2 Å². The third kappa shape index (κ3) is 3.01. The molecule has 0 aliphatic heterocycles. The quantitative estimate of drug-likeness (QED) is 0.911. The number of pyridine rings is 1. The molecule has 20 heavy (non-hydrogen) atoms. The number of nitriles is 1. The molecule has 1 heterocycles. The number of nitrogens with zero attached hydrogens (tertiary/aromatic N) is 1. The number of aromatic amines is 1. The van der Waals surface area contributed by atoms with Gasteiger partial charge >= 0.3 is 0 Å². The molecule has 0 fully saturated rings. The molecule has 4 nitrogen and oxygen atoms in total. The minimum Gasteiger partial charge on any atom is -0.380 e. The Morgan fingerprint density at radius 3 is 2.75 bits per heavy atom. The van der Waals surface area contributed by atoms with Crippen molar-refractivity contribution in [2.75, 3.05) is 5.32 Å². The van der Waals surface area contributed by atoms with Gasteiger partial charge in [-0.05, 0) is 43.7 Å². The lowest BCUT2D eigenvalue weighted by molar-refractivity contribution is 1.01. The average molecular weight is 288 g/mol. The Bertz CT molecular complexity index is 744. The predicted molar refractivity (Wildman–Crippen MR) is 80.0 cm³/mol. The van der Waals surface area contributed by atoms with Crippen LogP contribution in [0.2, 0.25) is 5.02 Å². The van der Waals surface area contributed by atoms with E-state index in [1.54, 1.807) is 18.2 Å². The molecule has 2 rings (SSSR count). The number of hydrogen-bond donors (Lipinski definition) is 2. The lowest BCUT2D eigenvalue weighted by atomic mass is 10.1. The van der Waals surface area contributed by atoms with Crippen LogP contribution in [0.1, 0.15) is 22.4 Å². The molecule has 1 aromatic heterocycles. The molecule has 0 saturated heterocycles. The van der Waals surface area contributed by atoms with Crippen LogP contribution in [0.3, 0.4) is 0 Å². The van der Waals surface area contributed by atoms with Gasteiger partial charge in [0.1, 0.15) is 6.07 Å². The molecule has 1 aromatic carbocycles. The van der Waals surface area contributed by atoms with Gasteiger partial charge in [0.05, 0.1) is 11.3 Å². The van der Waals surface area contributed by atoms with Gasteiger partial charge in [-0.1, -0.05) is 11.6 Å². The van der Waals surface area contributed by atoms with Gasteiger partial charge in [0.15, 0.2) is 0 Å². The van der Waals surface area contributed by atoms with E-state index in [-0.39, 0.29) is 5.56 Å². The molecule has 0 bridgehead atoms. The zero-order chi connectivity index (χ0) is 14.7. The highest BCUT2D eigenvalue weighted by molar-refractivity contribution is 6.30. The minimum atomic E-state index is -0.109. The number of benzene rings is 1. The topological polar surface area (TPSA) is 68.7 Å². The highest BCUT2D eigenvalue weighted by Crippen LogP contribution is 2.20. The molecular formula is C15H14ClN3O. The molecule has 5 heteroatoms. The summed E-state index contributed by atoms with van der Waals surface area (Å²) >= 11 is 5.85. The van der Waals surface area contributed by atoms with Crippen molar-refractivity contribution in [3.05, 3.63) is 62.0 Å². The molecule has 0 aliphatic carbocycles. The normalized spacial score (nSPS) is 10.1. The predicted octanol–water partition coefficient (Wildman–Crippen LogP) is 3.13. The summed E-state index contributed by atoms with van der Waals surface area (Å²) in [6, 6.07) is 9.03. The van der Waals surface area contributed by atoms with E-state index in [1.165, 1.54) is 0 Å². The van der Waals surface area contributed by atoms with Gasteiger partial charge in [-0.15, -0.1) is 0 Å². The molecule has 0 atom stereocenters. The maximum atomic E-state index is 11.9. The third-order valence-corrected chi connectivity index (χ3v) is 3.29. The molecule has 0 unspecified atom stereocenters. The van der Waals surface area contributed by atoms with Crippen molar-refractivity contribution in [3.63, 3.8) is 0 Å². The number of nitrogens with one attached hydrogen (secondary N) is 2. The fourth-order valence-corrected chi connectivity index (χ4v) is 2.22. The van der Waals surface area contributed by atoms with Crippen LogP contribution < -0.4 is 10.9 Å². The smallest absolute Gasteiger partial charge is 0.253 e. The van der Waals surface area contributed by atoms with E-state index in [9.17, 15) is 4.79 Å². The number of halogens is 1. The summed E-state index contributed by atoms with van der Waals surface area (Å²) in [6.45, 7) is 4.10. The van der Waals surface area contributed by atoms with Gasteiger partial charge in [-0.3, -0.25) is 4.79 Å². The standard InChI is InChI=1S/C15H14ClN3O/c1-9-5-10(2)19-15(20)13(9)8-18-14-4-3-12(16)6-11(14)7-17/h3-6,18H,8H2,1-2H3,(H,19,20). The summed E-state index contributed by atoms with van der Waals surface area (Å²) in [5, 5.41) is 12.7. The summed E-state index contributed by atoms with van der Waals surface area (Å²) in [5.41, 5.74) is 3.43. The fraction of sp³-hybridized carbons (Fsp3) is 0.200. The highest BCUT2D eigenvalue weighted by Gasteiger charge is 2.07. The zero-order valence-electron chi connectivity index (χ0n) is 11.2. The number of anilines is 1. The van der Waals surface area contributed by atoms with E-state index in [2.05, 4.69) is 16.4 Å². The summed E-state index contributed by atoms with van der Waals surface area (Å²) in [7, 11) is 0. The highest BCUT2D eigenvalue weighted by atomic mass is 35.5. The second kappa shape index (κ2) is 5.81. The van der Waals surface area contributed by atoms with Crippen LogP contribution in [-0.2, 0) is 6.54 Å². The van der Waals surface area contributed by atoms with Crippen molar-refractivity contribution in [3.8, 4) is 6.07 Å². The second-order valence-corrected chi connectivity index (χ2v) is 5.03. The lowest BCUT2D eigenvalue weighted by Crippen LogP contribution is -2.18. The number of aromatic nitrogens is 1. The third-order valence-electron chi connectivity index (χ3n) is 3.05. The van der Waals surface area contributed by atoms with Crippen LogP contribution in [0.4, 0.5) is 5.69 Å². The first-order chi connectivity index (χ1) is 9.51. The van der Waals surface area contributed by atoms with Crippen molar-refractivity contribution < 1.29 is 0 Å². The average Bonchev–Trinajstić information content (AvgIpc) is 2.38. The van der Waals surface area contributed by atoms with E-state index in [4.69, 9.17) is 16.9 Å². The van der Waals surface area contributed by atoms with E-state index < -0.39 is 0 Å². The molecule has 2 aromatic rings. The number of rotatable bonds is 3. The molecule has 2 N–H and O–H groups in total. The Hall–Kier alpha value is -2.25. The van der Waals surface area contributed by atoms with Crippen molar-refractivity contribution in [1.82, 2.24) is 4.98 Å². The van der Waals surface area contributed by atoms with Crippen LogP contribution in [-0.4, -0.2) is 4.98 Å². The molecule has 102 valence electrons. The molecule has 0 saturated carbocycles. The first-order valence-electron chi connectivity index (χ1n) is 6.14. The Morgan fingerprint density at radius 2 is 2.10 bits per heavy atom. The van der Waals surface area contributed by atoms with Gasteiger partial charge in [0.25, 0.3) is 5.56 Å². The van der Waals surface area contributed by atoms with E-state index in [1.807, 2.05) is 19.9 Å². The number of H-pyrrole nitrogens is 1. The zero-order valence-corrected chi connectivity index (χ0v) is 12.0. The Balaban J connectivity index is 2.26. The van der Waals surface area contributed by atoms with Gasteiger partial charge in [-0.25, -0.2) is 0 Å². The molecule has 0 radical (unpaired) electrons. The molecular weight excluding hydrogens is 274 g/mol. The molecule has 0 amide bonds. The lowest BCUT2D eigenvalue weighted by Gasteiger charge is -2.10. The van der Waals surface area contributed by atoms with Gasteiger partial charge in [0.2, 0.25) is 0 Å². The molecule has 0 spiro atoms. The van der Waals surface area contributed by atoms with Crippen molar-refractivity contribution in [2.45, 2.75) is 20.4 Å². The van der Waals surface area contributed by atoms with Crippen molar-refractivity contribution >= 4 is 17.3 Å². The maximum Gasteiger partial charge on any atom is 0.253 e. The number of aryl methyl sites for hydroxylation is 2. The summed E-state index contributed by atoms with van der Waals surface area (Å²) in [6.07, 6.45) is 0. The van der Waals surface area contributed by atoms with Crippen LogP contribution >= 0.6 is 11.6 Å². The Kier molecular flexibility index (Phi) is 4.11. The largest absolute Gasteiger partial charge is 0.380 e. The second-order valence-electron chi connectivity index (χ2n) is 4.60. The van der Waals surface area contributed by atoms with E-state index in [0.717, 1.165) is 11.3 Å². The van der Waals surface area contributed by atoms with Crippen LogP contribution in [0.25, 0.3) is 0 Å². The van der Waals surface area contributed by atoms with Crippen molar-refractivity contribution in [1.29, 1.82) is 5.26 Å². The van der Waals surface area contributed by atoms with E-state index >= 15 is 0 Å². The first-order valence-corrected chi connectivity index (χ1v) is 6.52. The monoisotopic (exact) mass is 287 g/mol. The van der Waals surface area contributed by atoms with Gasteiger partial charge in [-0.2, -0.15) is 5.26 Å². The van der Waals surface area contributed by atoms with Gasteiger partial charge < -0.3 is 10.3 Å². The minimum absolute atomic E-state index is 0.109. The van der Waals surface area contributed by atoms with Crippen molar-refractivity contribution in [2.24, 2.45) is 0 Å². The number of hydrogen-bond acceptors (Lipinski definition) is 3. The van der Waals surface area contributed by atoms with Gasteiger partial charge in [0, 0.05) is 22.8 Å². The fourth-order valence-electron chi connectivity index (χ4n) is 2.05. The summed E-state index contributed by atoms with van der Waals surface area (Å²) in [5.74, 6) is 0. The summed E-state index contributed by atoms with van der Waals surface area (Å²) in [4.78, 5) is 14.7. The SMILES string of the molecule is Cc1cc(C)c(CNc2ccc(Cl)cc2C#N)c(=O)[nH]1. The maximum absolute atomic E-state index is 11.9. The first kappa shape index (κ1) is 14.2. The molecule has 0 aliphatic rings. The Morgan fingerprint density at radius 1 is 1.35 bits per heavy atom. The summed E-state index contributed by atoms with van der Waals surface area (Å²) < 4.78 is 0. The van der Waals surface area contributed by atoms with Crippen LogP contribution in [0.5, 0.6) is 0 Å².